The van der Waals surface area contributed by atoms with E-state index in [4.69, 9.17) is 14.2 Å². The van der Waals surface area contributed by atoms with Crippen molar-refractivity contribution >= 4 is 11.3 Å². The Bertz CT molecular complexity index is 546. The Morgan fingerprint density at radius 1 is 0.952 bits per heavy atom. The number of hydrogen-bond acceptors (Lipinski definition) is 5. The summed E-state index contributed by atoms with van der Waals surface area (Å²) >= 11 is 1.74. The summed E-state index contributed by atoms with van der Waals surface area (Å²) in [5.74, 6) is 2.02. The van der Waals surface area contributed by atoms with Crippen LogP contribution in [0.2, 0.25) is 0 Å². The van der Waals surface area contributed by atoms with Crippen molar-refractivity contribution in [3.63, 3.8) is 0 Å². The van der Waals surface area contributed by atoms with Gasteiger partial charge in [-0.2, -0.15) is 0 Å². The zero-order valence-corrected chi connectivity index (χ0v) is 13.9. The van der Waals surface area contributed by atoms with E-state index in [0.717, 1.165) is 12.1 Å². The zero-order chi connectivity index (χ0) is 14.4. The van der Waals surface area contributed by atoms with Crippen molar-refractivity contribution in [2.75, 3.05) is 21.3 Å². The van der Waals surface area contributed by atoms with Crippen LogP contribution >= 0.6 is 11.3 Å². The van der Waals surface area contributed by atoms with E-state index in [1.807, 2.05) is 12.1 Å². The topological polar surface area (TPSA) is 39.7 Å². The third-order valence-electron chi connectivity index (χ3n) is 2.98. The van der Waals surface area contributed by atoms with Gasteiger partial charge < -0.3 is 31.9 Å². The summed E-state index contributed by atoms with van der Waals surface area (Å²) < 4.78 is 16.1. The van der Waals surface area contributed by atoms with Crippen molar-refractivity contribution in [1.29, 1.82) is 0 Å². The number of methoxy groups -OCH3 is 3. The second-order valence-electron chi connectivity index (χ2n) is 4.18. The van der Waals surface area contributed by atoms with Crippen LogP contribution in [0.25, 0.3) is 0 Å². The first-order valence-electron chi connectivity index (χ1n) is 6.31. The summed E-state index contributed by atoms with van der Waals surface area (Å²) in [5.41, 5.74) is 1.04. The van der Waals surface area contributed by atoms with Gasteiger partial charge in [0.2, 0.25) is 5.75 Å². The van der Waals surface area contributed by atoms with Gasteiger partial charge in [0, 0.05) is 23.5 Å². The molecule has 0 amide bonds. The summed E-state index contributed by atoms with van der Waals surface area (Å²) in [6.07, 6.45) is 0. The summed E-state index contributed by atoms with van der Waals surface area (Å²) in [5, 5.41) is 5.48. The van der Waals surface area contributed by atoms with Crippen molar-refractivity contribution in [2.45, 2.75) is 13.1 Å². The lowest BCUT2D eigenvalue weighted by Gasteiger charge is -2.16. The van der Waals surface area contributed by atoms with Gasteiger partial charge in [0.25, 0.3) is 0 Å². The Hall–Kier alpha value is -1.43. The normalized spacial score (nSPS) is 9.86. The Morgan fingerprint density at radius 2 is 1.71 bits per heavy atom. The van der Waals surface area contributed by atoms with Crippen LogP contribution in [0.1, 0.15) is 10.4 Å². The fourth-order valence-corrected chi connectivity index (χ4v) is 2.71. The highest BCUT2D eigenvalue weighted by molar-refractivity contribution is 7.09. The molecule has 6 heteroatoms. The Morgan fingerprint density at radius 3 is 2.29 bits per heavy atom. The number of nitrogens with one attached hydrogen (secondary N) is 1. The number of halogens is 1. The Balaban J connectivity index is 0.00000220. The molecule has 1 aromatic carbocycles. The highest BCUT2D eigenvalue weighted by Crippen LogP contribution is 2.39. The molecule has 0 bridgehead atoms. The summed E-state index contributed by atoms with van der Waals surface area (Å²) in [7, 11) is 4.87. The lowest BCUT2D eigenvalue weighted by Crippen LogP contribution is -3.00. The van der Waals surface area contributed by atoms with Gasteiger partial charge in [-0.05, 0) is 17.5 Å². The first kappa shape index (κ1) is 17.6. The maximum absolute atomic E-state index is 5.46. The average molecular weight is 329 g/mol. The monoisotopic (exact) mass is 328 g/mol. The fraction of sp³-hybridized carbons (Fsp3) is 0.333. The van der Waals surface area contributed by atoms with Gasteiger partial charge in [0.05, 0.1) is 21.3 Å². The minimum absolute atomic E-state index is 0. The predicted molar refractivity (Wildman–Crippen MR) is 81.0 cm³/mol. The van der Waals surface area contributed by atoms with Crippen LogP contribution in [0, 0.1) is 0 Å². The second kappa shape index (κ2) is 8.77. The van der Waals surface area contributed by atoms with Crippen molar-refractivity contribution < 1.29 is 26.6 Å². The molecule has 1 heterocycles. The molecule has 0 atom stereocenters. The first-order chi connectivity index (χ1) is 9.80. The molecule has 1 aromatic heterocycles. The molecule has 0 aliphatic rings. The van der Waals surface area contributed by atoms with Crippen LogP contribution in [0.4, 0.5) is 0 Å². The van der Waals surface area contributed by atoms with E-state index < -0.39 is 0 Å². The molecule has 2 rings (SSSR count). The fourth-order valence-electron chi connectivity index (χ4n) is 2.04. The SMILES string of the molecule is COc1ccc(CNCc2cccs2)c(OC)c1OC.[Cl-]. The summed E-state index contributed by atoms with van der Waals surface area (Å²) in [6.45, 7) is 1.55. The van der Waals surface area contributed by atoms with Crippen molar-refractivity contribution in [1.82, 2.24) is 5.32 Å². The number of rotatable bonds is 7. The van der Waals surface area contributed by atoms with E-state index in [0.29, 0.717) is 23.8 Å². The molecule has 0 unspecified atom stereocenters. The minimum Gasteiger partial charge on any atom is -1.00 e. The standard InChI is InChI=1S/C15H19NO3S.ClH/c1-17-13-7-6-11(14(18-2)15(13)19-3)9-16-10-12-5-4-8-20-12;/h4-8,16H,9-10H2,1-3H3;1H/p-1. The largest absolute Gasteiger partial charge is 1.00 e. The van der Waals surface area contributed by atoms with E-state index in [9.17, 15) is 0 Å². The van der Waals surface area contributed by atoms with Crippen LogP contribution in [-0.2, 0) is 13.1 Å². The molecule has 1 N–H and O–H groups in total. The lowest BCUT2D eigenvalue weighted by atomic mass is 10.1. The molecular weight excluding hydrogens is 310 g/mol. The number of benzene rings is 1. The zero-order valence-electron chi connectivity index (χ0n) is 12.3. The van der Waals surface area contributed by atoms with E-state index in [-0.39, 0.29) is 12.4 Å². The quantitative estimate of drug-likeness (QED) is 0.781. The van der Waals surface area contributed by atoms with Crippen LogP contribution < -0.4 is 31.9 Å². The van der Waals surface area contributed by atoms with Gasteiger partial charge in [0.1, 0.15) is 0 Å². The highest BCUT2D eigenvalue weighted by atomic mass is 35.5. The molecule has 0 saturated carbocycles. The molecular formula is C15H19ClNO3S-. The smallest absolute Gasteiger partial charge is 0.203 e. The molecule has 0 radical (unpaired) electrons. The number of hydrogen-bond donors (Lipinski definition) is 1. The van der Waals surface area contributed by atoms with E-state index >= 15 is 0 Å². The van der Waals surface area contributed by atoms with Crippen LogP contribution in [0.3, 0.4) is 0 Å². The average Bonchev–Trinajstić information content (AvgIpc) is 2.99. The summed E-state index contributed by atoms with van der Waals surface area (Å²) in [4.78, 5) is 1.31. The minimum atomic E-state index is 0. The predicted octanol–water partition coefficient (Wildman–Crippen LogP) is 0.0677. The van der Waals surface area contributed by atoms with Gasteiger partial charge in [-0.15, -0.1) is 11.3 Å². The van der Waals surface area contributed by atoms with Crippen LogP contribution in [0.15, 0.2) is 29.6 Å². The molecule has 0 fully saturated rings. The van der Waals surface area contributed by atoms with E-state index in [1.54, 1.807) is 32.7 Å². The molecule has 0 saturated heterocycles. The van der Waals surface area contributed by atoms with Crippen molar-refractivity contribution in [2.24, 2.45) is 0 Å². The highest BCUT2D eigenvalue weighted by Gasteiger charge is 2.15. The lowest BCUT2D eigenvalue weighted by molar-refractivity contribution is -0.00000480. The van der Waals surface area contributed by atoms with Gasteiger partial charge in [-0.25, -0.2) is 0 Å². The molecule has 2 aromatic rings. The second-order valence-corrected chi connectivity index (χ2v) is 5.21. The van der Waals surface area contributed by atoms with E-state index in [2.05, 4.69) is 22.8 Å². The van der Waals surface area contributed by atoms with Crippen molar-refractivity contribution in [3.8, 4) is 17.2 Å². The van der Waals surface area contributed by atoms with Gasteiger partial charge in [-0.1, -0.05) is 12.1 Å². The molecule has 4 nitrogen and oxygen atoms in total. The van der Waals surface area contributed by atoms with Crippen molar-refractivity contribution in [3.05, 3.63) is 40.1 Å². The maximum Gasteiger partial charge on any atom is 0.203 e. The Kier molecular flexibility index (Phi) is 7.36. The third kappa shape index (κ3) is 4.27. The molecule has 0 aliphatic carbocycles. The molecule has 0 spiro atoms. The first-order valence-corrected chi connectivity index (χ1v) is 7.19. The van der Waals surface area contributed by atoms with Gasteiger partial charge >= 0.3 is 0 Å². The van der Waals surface area contributed by atoms with Crippen LogP contribution in [0.5, 0.6) is 17.2 Å². The molecule has 21 heavy (non-hydrogen) atoms. The maximum atomic E-state index is 5.46. The summed E-state index contributed by atoms with van der Waals surface area (Å²) in [6, 6.07) is 8.05. The number of thiophene rings is 1. The van der Waals surface area contributed by atoms with Gasteiger partial charge in [-0.3, -0.25) is 0 Å². The Labute approximate surface area is 135 Å². The van der Waals surface area contributed by atoms with E-state index in [1.165, 1.54) is 4.88 Å². The molecule has 0 aliphatic heterocycles. The third-order valence-corrected chi connectivity index (χ3v) is 3.86. The van der Waals surface area contributed by atoms with Crippen LogP contribution in [-0.4, -0.2) is 21.3 Å². The number of ether oxygens (including phenoxy) is 3. The van der Waals surface area contributed by atoms with Gasteiger partial charge in [0.15, 0.2) is 11.5 Å². The molecule has 116 valence electrons.